The normalized spacial score (nSPS) is 12.1. The summed E-state index contributed by atoms with van der Waals surface area (Å²) in [6, 6.07) is 16.2. The number of hydrogen-bond acceptors (Lipinski definition) is 4. The summed E-state index contributed by atoms with van der Waals surface area (Å²) >= 11 is 0. The molecular weight excluding hydrogens is 420 g/mol. The number of carbonyl (C=O) groups is 3. The average Bonchev–Trinajstić information content (AvgIpc) is 3.08. The molecule has 1 aliphatic carbocycles. The number of carboxylic acids is 1. The molecule has 2 aromatic carbocycles. The monoisotopic (exact) mass is 448 g/mol. The zero-order chi connectivity index (χ0) is 24.0. The quantitative estimate of drug-likeness (QED) is 0.658. The summed E-state index contributed by atoms with van der Waals surface area (Å²) in [6.45, 7) is 5.63. The molecule has 0 atom stereocenters. The summed E-state index contributed by atoms with van der Waals surface area (Å²) < 4.78 is 5.43. The molecule has 3 rings (SSSR count). The van der Waals surface area contributed by atoms with Crippen LogP contribution in [-0.4, -0.2) is 53.2 Å². The maximum atomic E-state index is 12.4. The highest BCUT2D eigenvalue weighted by Crippen LogP contribution is 2.44. The molecule has 2 aromatic rings. The number of ether oxygens (including phenoxy) is 1. The number of nitrogens with zero attached hydrogens (tertiary/aromatic N) is 1. The first kappa shape index (κ1) is 23.9. The van der Waals surface area contributed by atoms with Gasteiger partial charge in [0.1, 0.15) is 6.61 Å². The number of fused-ring (bicyclic) bond motifs is 3. The standard InChI is InChI=1S/C26H28N2O5/c1-26(2,3)28(16-14-24(30)31)23(29)13-8-15-27-25(32)33-17-22-20-11-6-4-9-18(20)19-10-5-7-12-21(19)22/h4-7,9-12,22H,14-17H2,1-3H3,(H,27,32)(H,30,31). The number of alkyl carbamates (subject to hydrolysis) is 1. The Morgan fingerprint density at radius 2 is 1.61 bits per heavy atom. The van der Waals surface area contributed by atoms with Gasteiger partial charge in [-0.15, -0.1) is 0 Å². The number of nitrogens with one attached hydrogen (secondary N) is 1. The van der Waals surface area contributed by atoms with Gasteiger partial charge in [-0.25, -0.2) is 4.79 Å². The number of amides is 2. The first-order valence-electron chi connectivity index (χ1n) is 10.8. The third-order valence-electron chi connectivity index (χ3n) is 5.46. The Bertz CT molecular complexity index is 1060. The van der Waals surface area contributed by atoms with E-state index in [0.29, 0.717) is 0 Å². The van der Waals surface area contributed by atoms with Crippen LogP contribution in [0.5, 0.6) is 0 Å². The number of aliphatic carboxylic acids is 1. The molecule has 33 heavy (non-hydrogen) atoms. The molecule has 0 unspecified atom stereocenters. The van der Waals surface area contributed by atoms with E-state index in [-0.39, 0.29) is 32.0 Å². The lowest BCUT2D eigenvalue weighted by atomic mass is 9.98. The molecule has 172 valence electrons. The molecule has 2 amide bonds. The Morgan fingerprint density at radius 1 is 1.03 bits per heavy atom. The number of hydrogen-bond donors (Lipinski definition) is 2. The number of rotatable bonds is 6. The van der Waals surface area contributed by atoms with Crippen LogP contribution in [0.15, 0.2) is 48.5 Å². The fraction of sp³-hybridized carbons (Fsp3) is 0.346. The van der Waals surface area contributed by atoms with Crippen LogP contribution in [0.25, 0.3) is 11.1 Å². The van der Waals surface area contributed by atoms with E-state index in [1.54, 1.807) is 0 Å². The molecule has 0 aliphatic heterocycles. The predicted octanol–water partition coefficient (Wildman–Crippen LogP) is 3.63. The van der Waals surface area contributed by atoms with Crippen molar-refractivity contribution in [2.45, 2.75) is 38.6 Å². The smallest absolute Gasteiger partial charge is 0.407 e. The second-order valence-electron chi connectivity index (χ2n) is 8.75. The maximum absolute atomic E-state index is 12.4. The van der Waals surface area contributed by atoms with E-state index >= 15 is 0 Å². The highest BCUT2D eigenvalue weighted by molar-refractivity contribution is 5.94. The van der Waals surface area contributed by atoms with Crippen molar-refractivity contribution < 1.29 is 24.2 Å². The summed E-state index contributed by atoms with van der Waals surface area (Å²) in [7, 11) is 0. The van der Waals surface area contributed by atoms with Crippen molar-refractivity contribution in [2.75, 3.05) is 19.7 Å². The molecule has 7 nitrogen and oxygen atoms in total. The molecule has 0 aromatic heterocycles. The fourth-order valence-electron chi connectivity index (χ4n) is 3.90. The van der Waals surface area contributed by atoms with Gasteiger partial charge in [-0.3, -0.25) is 9.59 Å². The van der Waals surface area contributed by atoms with E-state index < -0.39 is 23.5 Å². The van der Waals surface area contributed by atoms with Gasteiger partial charge in [0, 0.05) is 18.0 Å². The van der Waals surface area contributed by atoms with Gasteiger partial charge < -0.3 is 20.1 Å². The largest absolute Gasteiger partial charge is 0.481 e. The van der Waals surface area contributed by atoms with Crippen LogP contribution in [0.4, 0.5) is 4.79 Å². The van der Waals surface area contributed by atoms with Crippen LogP contribution in [0.2, 0.25) is 0 Å². The lowest BCUT2D eigenvalue weighted by Crippen LogP contribution is -2.46. The molecule has 1 aliphatic rings. The van der Waals surface area contributed by atoms with Crippen molar-refractivity contribution in [2.24, 2.45) is 0 Å². The van der Waals surface area contributed by atoms with Gasteiger partial charge in [0.2, 0.25) is 0 Å². The van der Waals surface area contributed by atoms with Crippen LogP contribution in [0.1, 0.15) is 44.2 Å². The van der Waals surface area contributed by atoms with E-state index in [0.717, 1.165) is 22.3 Å². The van der Waals surface area contributed by atoms with Crippen molar-refractivity contribution in [1.29, 1.82) is 0 Å². The zero-order valence-corrected chi connectivity index (χ0v) is 19.1. The van der Waals surface area contributed by atoms with E-state index in [9.17, 15) is 14.4 Å². The van der Waals surface area contributed by atoms with Gasteiger partial charge in [0.15, 0.2) is 0 Å². The van der Waals surface area contributed by atoms with Gasteiger partial charge in [-0.1, -0.05) is 54.5 Å². The second-order valence-corrected chi connectivity index (χ2v) is 8.75. The Labute approximate surface area is 193 Å². The molecule has 0 bridgehead atoms. The minimum atomic E-state index is -0.984. The molecule has 0 saturated heterocycles. The van der Waals surface area contributed by atoms with E-state index in [2.05, 4.69) is 29.3 Å². The van der Waals surface area contributed by atoms with Gasteiger partial charge in [0.05, 0.1) is 13.0 Å². The lowest BCUT2D eigenvalue weighted by Gasteiger charge is -2.33. The highest BCUT2D eigenvalue weighted by Gasteiger charge is 2.29. The number of benzene rings is 2. The van der Waals surface area contributed by atoms with Crippen molar-refractivity contribution >= 4 is 18.0 Å². The summed E-state index contributed by atoms with van der Waals surface area (Å²) in [4.78, 5) is 36.8. The Hall–Kier alpha value is -3.79. The number of carbonyl (C=O) groups excluding carboxylic acids is 2. The maximum Gasteiger partial charge on any atom is 0.407 e. The summed E-state index contributed by atoms with van der Waals surface area (Å²) in [5.41, 5.74) is 3.98. The van der Waals surface area contributed by atoms with Gasteiger partial charge >= 0.3 is 12.1 Å². The van der Waals surface area contributed by atoms with Gasteiger partial charge in [-0.05, 0) is 48.9 Å². The Morgan fingerprint density at radius 3 is 2.15 bits per heavy atom. The highest BCUT2D eigenvalue weighted by atomic mass is 16.5. The van der Waals surface area contributed by atoms with Crippen LogP contribution >= 0.6 is 0 Å². The molecular formula is C26H28N2O5. The Kier molecular flexibility index (Phi) is 7.39. The summed E-state index contributed by atoms with van der Waals surface area (Å²) in [5, 5.41) is 11.4. The SMILES string of the molecule is CC(C)(C)N(CCC(=O)O)C(=O)C#CCNC(=O)OCC1c2ccccc2-c2ccccc21. The third kappa shape index (κ3) is 5.92. The molecule has 0 saturated carbocycles. The zero-order valence-electron chi connectivity index (χ0n) is 19.1. The molecule has 7 heteroatoms. The fourth-order valence-corrected chi connectivity index (χ4v) is 3.90. The van der Waals surface area contributed by atoms with Crippen LogP contribution in [0.3, 0.4) is 0 Å². The van der Waals surface area contributed by atoms with E-state index in [1.807, 2.05) is 57.2 Å². The first-order chi connectivity index (χ1) is 15.7. The van der Waals surface area contributed by atoms with Crippen molar-refractivity contribution in [1.82, 2.24) is 10.2 Å². The van der Waals surface area contributed by atoms with Crippen molar-refractivity contribution in [3.05, 3.63) is 59.7 Å². The van der Waals surface area contributed by atoms with Crippen LogP contribution in [-0.2, 0) is 14.3 Å². The summed E-state index contributed by atoms with van der Waals surface area (Å²) in [6.07, 6.45) is -0.778. The predicted molar refractivity (Wildman–Crippen MR) is 125 cm³/mol. The molecule has 0 spiro atoms. The third-order valence-corrected chi connectivity index (χ3v) is 5.46. The van der Waals surface area contributed by atoms with Crippen molar-refractivity contribution in [3.63, 3.8) is 0 Å². The Balaban J connectivity index is 1.53. The second kappa shape index (κ2) is 10.2. The van der Waals surface area contributed by atoms with E-state index in [1.165, 1.54) is 4.90 Å². The minimum Gasteiger partial charge on any atom is -0.481 e. The van der Waals surface area contributed by atoms with Crippen molar-refractivity contribution in [3.8, 4) is 23.0 Å². The molecule has 0 radical (unpaired) electrons. The summed E-state index contributed by atoms with van der Waals surface area (Å²) in [5.74, 6) is 3.57. The molecule has 2 N–H and O–H groups in total. The van der Waals surface area contributed by atoms with Crippen LogP contribution in [0, 0.1) is 11.8 Å². The molecule has 0 heterocycles. The van der Waals surface area contributed by atoms with E-state index in [4.69, 9.17) is 9.84 Å². The van der Waals surface area contributed by atoms with Crippen LogP contribution < -0.4 is 5.32 Å². The lowest BCUT2D eigenvalue weighted by molar-refractivity contribution is -0.138. The van der Waals surface area contributed by atoms with Gasteiger partial charge in [-0.2, -0.15) is 0 Å². The minimum absolute atomic E-state index is 0.0367. The number of carboxylic acid groups (broad SMARTS) is 1. The van der Waals surface area contributed by atoms with Gasteiger partial charge in [0.25, 0.3) is 5.91 Å². The topological polar surface area (TPSA) is 95.9 Å². The molecule has 0 fully saturated rings. The average molecular weight is 449 g/mol. The first-order valence-corrected chi connectivity index (χ1v) is 10.8.